The number of fused-ring (bicyclic) bond motifs is 2. The van der Waals surface area contributed by atoms with Crippen LogP contribution in [-0.2, 0) is 33.4 Å². The Morgan fingerprint density at radius 2 is 1.82 bits per heavy atom. The minimum atomic E-state index is -1.51. The smallest absolute Gasteiger partial charge is 0.313 e. The molecule has 0 saturated carbocycles. The molecule has 0 aromatic heterocycles. The Hall–Kier alpha value is -3.84. The highest BCUT2D eigenvalue weighted by Crippen LogP contribution is 2.59. The van der Waals surface area contributed by atoms with Crippen LogP contribution in [0.4, 0.5) is 5.69 Å². The summed E-state index contributed by atoms with van der Waals surface area (Å²) in [5, 5.41) is 13.6. The summed E-state index contributed by atoms with van der Waals surface area (Å²) in [7, 11) is 1.51. The summed E-state index contributed by atoms with van der Waals surface area (Å²) in [5.41, 5.74) is 1.59. The Balaban J connectivity index is 1.52. The number of likely N-dealkylation sites (tertiary alicyclic amines) is 1. The number of hydrogen-bond acceptors (Lipinski definition) is 8. The molecule has 6 rings (SSSR count). The van der Waals surface area contributed by atoms with Crippen LogP contribution in [0.3, 0.4) is 0 Å². The largest absolute Gasteiger partial charge is 0.455 e. The molecule has 50 heavy (non-hydrogen) atoms. The number of carbonyl (C=O) groups excluding carboxylic acids is 4. The van der Waals surface area contributed by atoms with Gasteiger partial charge in [-0.2, -0.15) is 0 Å². The van der Waals surface area contributed by atoms with Gasteiger partial charge in [0, 0.05) is 30.2 Å². The summed E-state index contributed by atoms with van der Waals surface area (Å²) in [5.74, 6) is -4.04. The third-order valence-electron chi connectivity index (χ3n) is 10.3. The minimum Gasteiger partial charge on any atom is -0.455 e. The Labute approximate surface area is 300 Å². The zero-order valence-electron chi connectivity index (χ0n) is 28.7. The van der Waals surface area contributed by atoms with Gasteiger partial charge in [-0.3, -0.25) is 19.2 Å². The van der Waals surface area contributed by atoms with Gasteiger partial charge in [-0.05, 0) is 55.5 Å². The molecule has 266 valence electrons. The molecule has 2 aromatic rings. The second-order valence-electron chi connectivity index (χ2n) is 13.5. The van der Waals surface area contributed by atoms with E-state index in [2.05, 4.69) is 21.2 Å². The second-order valence-corrected chi connectivity index (χ2v) is 14.4. The zero-order chi connectivity index (χ0) is 35.7. The van der Waals surface area contributed by atoms with Crippen molar-refractivity contribution < 1.29 is 38.5 Å². The fourth-order valence-corrected chi connectivity index (χ4v) is 8.62. The number of cyclic esters (lactones) is 1. The number of ether oxygens (including phenoxy) is 3. The van der Waals surface area contributed by atoms with E-state index in [4.69, 9.17) is 14.2 Å². The predicted molar refractivity (Wildman–Crippen MR) is 189 cm³/mol. The van der Waals surface area contributed by atoms with Crippen LogP contribution in [0.5, 0.6) is 0 Å². The molecular weight excluding hydrogens is 706 g/mol. The van der Waals surface area contributed by atoms with E-state index < -0.39 is 65.6 Å². The fraction of sp³-hybridized carbons (Fsp3) is 0.474. The number of nitrogens with one attached hydrogen (secondary N) is 1. The van der Waals surface area contributed by atoms with Gasteiger partial charge < -0.3 is 34.4 Å². The van der Waals surface area contributed by atoms with Crippen molar-refractivity contribution in [2.75, 3.05) is 31.8 Å². The molecule has 2 aromatic carbocycles. The van der Waals surface area contributed by atoms with E-state index >= 15 is 4.79 Å². The summed E-state index contributed by atoms with van der Waals surface area (Å²) in [4.78, 5) is 60.8. The van der Waals surface area contributed by atoms with Crippen LogP contribution in [-0.4, -0.2) is 90.4 Å². The van der Waals surface area contributed by atoms with Gasteiger partial charge in [-0.25, -0.2) is 0 Å². The standard InChI is InChI=1S/C38H44BrN3O8/c1-5-25(20-43)42-34-36(46)41(28-18-22(2)15-16-23(28)3)17-11-7-10-14-29(44)40-27(21-48-4)32(24-12-8-6-9-13-24)49-37(47)30-31(35(42)45)38(34)19-26(39)33(30)50-38/h6-9,11-13,15-16,18-19,25,27,30-34,43H,5,10,14,17,20-21H2,1-4H3,(H,40,44)/b11-7-/t25-,27-,30+,31-,32-,33+,34+,38-/m0/s1. The Bertz CT molecular complexity index is 1690. The van der Waals surface area contributed by atoms with Gasteiger partial charge in [0.05, 0.1) is 31.2 Å². The topological polar surface area (TPSA) is 135 Å². The van der Waals surface area contributed by atoms with Crippen molar-refractivity contribution in [2.45, 2.75) is 76.0 Å². The third-order valence-corrected chi connectivity index (χ3v) is 11.0. The van der Waals surface area contributed by atoms with E-state index in [1.807, 2.05) is 69.3 Å². The molecule has 0 aliphatic carbocycles. The van der Waals surface area contributed by atoms with E-state index in [1.54, 1.807) is 23.1 Å². The van der Waals surface area contributed by atoms with Crippen LogP contribution in [0.1, 0.15) is 49.0 Å². The van der Waals surface area contributed by atoms with Crippen LogP contribution >= 0.6 is 15.9 Å². The molecule has 1 spiro atoms. The fourth-order valence-electron chi connectivity index (χ4n) is 7.88. The number of anilines is 1. The summed E-state index contributed by atoms with van der Waals surface area (Å²) >= 11 is 3.61. The molecule has 4 aliphatic rings. The molecule has 0 radical (unpaired) electrons. The van der Waals surface area contributed by atoms with E-state index in [-0.39, 0.29) is 32.1 Å². The number of esters is 1. The molecule has 0 unspecified atom stereocenters. The maximum atomic E-state index is 15.2. The molecule has 11 nitrogen and oxygen atoms in total. The number of aliphatic hydroxyl groups is 1. The summed E-state index contributed by atoms with van der Waals surface area (Å²) in [6.07, 6.45) is 4.53. The lowest BCUT2D eigenvalue weighted by molar-refractivity contribution is -0.162. The Morgan fingerprint density at radius 1 is 1.06 bits per heavy atom. The second kappa shape index (κ2) is 14.8. The Kier molecular flexibility index (Phi) is 10.6. The quantitative estimate of drug-likeness (QED) is 0.320. The average Bonchev–Trinajstić information content (AvgIpc) is 3.70. The number of carbonyl (C=O) groups is 4. The van der Waals surface area contributed by atoms with Crippen LogP contribution in [0, 0.1) is 25.7 Å². The molecular formula is C38H44BrN3O8. The van der Waals surface area contributed by atoms with E-state index in [0.717, 1.165) is 11.1 Å². The van der Waals surface area contributed by atoms with Gasteiger partial charge in [0.1, 0.15) is 29.8 Å². The van der Waals surface area contributed by atoms with Gasteiger partial charge in [-0.1, -0.05) is 77.5 Å². The van der Waals surface area contributed by atoms with Crippen molar-refractivity contribution in [1.82, 2.24) is 10.2 Å². The van der Waals surface area contributed by atoms with Crippen molar-refractivity contribution in [3.8, 4) is 0 Å². The number of allylic oxidation sites excluding steroid dienone is 1. The highest BCUT2D eigenvalue weighted by atomic mass is 79.9. The lowest BCUT2D eigenvalue weighted by atomic mass is 9.74. The third kappa shape index (κ3) is 6.31. The van der Waals surface area contributed by atoms with Gasteiger partial charge in [0.15, 0.2) is 0 Å². The predicted octanol–water partition coefficient (Wildman–Crippen LogP) is 4.05. The number of methoxy groups -OCH3 is 1. The molecule has 2 N–H and O–H groups in total. The normalized spacial score (nSPS) is 31.3. The molecule has 3 amide bonds. The van der Waals surface area contributed by atoms with Gasteiger partial charge in [0.2, 0.25) is 11.8 Å². The number of hydrogen-bond donors (Lipinski definition) is 2. The molecule has 4 heterocycles. The average molecular weight is 751 g/mol. The van der Waals surface area contributed by atoms with E-state index in [9.17, 15) is 19.5 Å². The van der Waals surface area contributed by atoms with E-state index in [0.29, 0.717) is 28.6 Å². The van der Waals surface area contributed by atoms with Crippen LogP contribution < -0.4 is 10.2 Å². The first-order valence-electron chi connectivity index (χ1n) is 17.1. The number of aliphatic hydroxyl groups excluding tert-OH is 1. The SMILES string of the molecule is CC[C@@H](CO)N1C(=O)[C@@H]2[C@H]3C(=O)O[C@@H](c4ccccc4)[C@H](COC)NC(=O)CC/C=C\CN(c4cc(C)ccc4C)C(=O)[C@@H]1[C@]21C=C(Br)[C@H]3O1. The molecule has 2 fully saturated rings. The minimum absolute atomic E-state index is 0.0543. The maximum Gasteiger partial charge on any atom is 0.313 e. The van der Waals surface area contributed by atoms with Crippen molar-refractivity contribution in [3.63, 3.8) is 0 Å². The highest BCUT2D eigenvalue weighted by Gasteiger charge is 2.75. The highest BCUT2D eigenvalue weighted by molar-refractivity contribution is 9.11. The summed E-state index contributed by atoms with van der Waals surface area (Å²) in [6.45, 7) is 5.53. The molecule has 2 saturated heterocycles. The Morgan fingerprint density at radius 3 is 2.52 bits per heavy atom. The first-order chi connectivity index (χ1) is 24.1. The van der Waals surface area contributed by atoms with Crippen molar-refractivity contribution in [3.05, 3.63) is 87.9 Å². The molecule has 8 atom stereocenters. The maximum absolute atomic E-state index is 15.2. The van der Waals surface area contributed by atoms with Crippen LogP contribution in [0.25, 0.3) is 0 Å². The lowest BCUT2D eigenvalue weighted by Crippen LogP contribution is -2.58. The zero-order valence-corrected chi connectivity index (χ0v) is 30.3. The number of nitrogens with zero attached hydrogens (tertiary/aromatic N) is 2. The van der Waals surface area contributed by atoms with Gasteiger partial charge >= 0.3 is 5.97 Å². The van der Waals surface area contributed by atoms with Crippen LogP contribution in [0.15, 0.2) is 71.2 Å². The number of halogens is 1. The molecule has 5 bridgehead atoms. The number of aryl methyl sites for hydroxylation is 2. The van der Waals surface area contributed by atoms with Crippen molar-refractivity contribution in [1.29, 1.82) is 0 Å². The van der Waals surface area contributed by atoms with Gasteiger partial charge in [0.25, 0.3) is 5.91 Å². The van der Waals surface area contributed by atoms with Gasteiger partial charge in [-0.15, -0.1) is 0 Å². The molecule has 4 aliphatic heterocycles. The van der Waals surface area contributed by atoms with Crippen LogP contribution in [0.2, 0.25) is 0 Å². The first-order valence-corrected chi connectivity index (χ1v) is 17.9. The number of benzene rings is 2. The molecule has 12 heteroatoms. The number of amides is 3. The van der Waals surface area contributed by atoms with Crippen molar-refractivity contribution >= 4 is 45.3 Å². The summed E-state index contributed by atoms with van der Waals surface area (Å²) in [6, 6.07) is 12.3. The lowest BCUT2D eigenvalue weighted by Gasteiger charge is -2.38. The van der Waals surface area contributed by atoms with Crippen molar-refractivity contribution in [2.24, 2.45) is 11.8 Å². The van der Waals surface area contributed by atoms with E-state index in [1.165, 1.54) is 12.0 Å². The number of rotatable bonds is 7. The first kappa shape index (κ1) is 36.0. The summed E-state index contributed by atoms with van der Waals surface area (Å²) < 4.78 is 19.0. The monoisotopic (exact) mass is 749 g/mol.